The summed E-state index contributed by atoms with van der Waals surface area (Å²) in [5.74, 6) is -0.255. The van der Waals surface area contributed by atoms with Crippen LogP contribution in [0.25, 0.3) is 11.8 Å². The molecule has 0 unspecified atom stereocenters. The molecule has 2 heterocycles. The molecule has 172 valence electrons. The zero-order valence-electron chi connectivity index (χ0n) is 18.4. The second kappa shape index (κ2) is 11.1. The number of benzene rings is 2. The van der Waals surface area contributed by atoms with Gasteiger partial charge in [0.2, 0.25) is 5.91 Å². The number of tetrazole rings is 1. The van der Waals surface area contributed by atoms with E-state index < -0.39 is 5.97 Å². The number of hydrogen-bond donors (Lipinski definition) is 1. The third kappa shape index (κ3) is 6.20. The lowest BCUT2D eigenvalue weighted by atomic mass is 10.2. The summed E-state index contributed by atoms with van der Waals surface area (Å²) in [6.07, 6.45) is 1.82. The van der Waals surface area contributed by atoms with Gasteiger partial charge in [-0.05, 0) is 34.6 Å². The number of thiazole rings is 1. The number of nitrogens with zero attached hydrogens (tertiary/aromatic N) is 5. The van der Waals surface area contributed by atoms with E-state index in [-0.39, 0.29) is 24.6 Å². The van der Waals surface area contributed by atoms with Crippen LogP contribution in [0.1, 0.15) is 27.7 Å². The van der Waals surface area contributed by atoms with E-state index in [4.69, 9.17) is 4.74 Å². The van der Waals surface area contributed by atoms with Crippen LogP contribution in [-0.2, 0) is 33.9 Å². The highest BCUT2D eigenvalue weighted by atomic mass is 32.1. The highest BCUT2D eigenvalue weighted by Gasteiger charge is 2.18. The smallest absolute Gasteiger partial charge is 0.357 e. The molecule has 9 nitrogen and oxygen atoms in total. The lowest BCUT2D eigenvalue weighted by molar-refractivity contribution is -0.138. The average Bonchev–Trinajstić information content (AvgIpc) is 3.49. The maximum absolute atomic E-state index is 12.9. The molecule has 1 amide bonds. The van der Waals surface area contributed by atoms with Crippen molar-refractivity contribution in [2.75, 3.05) is 0 Å². The monoisotopic (exact) mass is 474 g/mol. The van der Waals surface area contributed by atoms with Crippen molar-refractivity contribution in [2.24, 2.45) is 0 Å². The molecule has 0 radical (unpaired) electrons. The Morgan fingerprint density at radius 2 is 1.82 bits per heavy atom. The molecular weight excluding hydrogens is 452 g/mol. The van der Waals surface area contributed by atoms with Crippen molar-refractivity contribution < 1.29 is 14.3 Å². The summed E-state index contributed by atoms with van der Waals surface area (Å²) in [7, 11) is 0. The lowest BCUT2D eigenvalue weighted by Crippen LogP contribution is -2.24. The van der Waals surface area contributed by atoms with Crippen LogP contribution in [0, 0.1) is 6.92 Å². The molecule has 4 aromatic rings. The van der Waals surface area contributed by atoms with Gasteiger partial charge in [0.05, 0.1) is 12.1 Å². The first-order chi connectivity index (χ1) is 16.6. The Kier molecular flexibility index (Phi) is 7.51. The van der Waals surface area contributed by atoms with E-state index in [0.29, 0.717) is 23.1 Å². The number of ether oxygens (including phenoxy) is 1. The molecule has 0 atom stereocenters. The van der Waals surface area contributed by atoms with Crippen LogP contribution in [0.15, 0.2) is 66.0 Å². The first-order valence-electron chi connectivity index (χ1n) is 10.5. The molecule has 34 heavy (non-hydrogen) atoms. The normalized spacial score (nSPS) is 11.3. The summed E-state index contributed by atoms with van der Waals surface area (Å²) >= 11 is 1.35. The van der Waals surface area contributed by atoms with E-state index in [1.807, 2.05) is 60.7 Å². The number of nitrogens with one attached hydrogen (secondary N) is 1. The minimum absolute atomic E-state index is 0.0335. The summed E-state index contributed by atoms with van der Waals surface area (Å²) in [6.45, 7) is 2.12. The maximum atomic E-state index is 12.9. The third-order valence-electron chi connectivity index (χ3n) is 4.76. The second-order valence-electron chi connectivity index (χ2n) is 7.33. The number of aryl methyl sites for hydroxylation is 1. The van der Waals surface area contributed by atoms with Gasteiger partial charge >= 0.3 is 5.97 Å². The molecule has 0 aliphatic carbocycles. The molecule has 0 saturated carbocycles. The molecule has 0 bridgehead atoms. The molecule has 0 aliphatic rings. The third-order valence-corrected chi connectivity index (χ3v) is 5.66. The van der Waals surface area contributed by atoms with Gasteiger partial charge in [-0.2, -0.15) is 4.68 Å². The zero-order valence-corrected chi connectivity index (χ0v) is 19.2. The van der Waals surface area contributed by atoms with Crippen molar-refractivity contribution in [2.45, 2.75) is 26.5 Å². The van der Waals surface area contributed by atoms with Crippen LogP contribution in [0.5, 0.6) is 0 Å². The van der Waals surface area contributed by atoms with Crippen molar-refractivity contribution in [3.63, 3.8) is 0 Å². The van der Waals surface area contributed by atoms with E-state index >= 15 is 0 Å². The molecule has 0 fully saturated rings. The van der Waals surface area contributed by atoms with Crippen molar-refractivity contribution >= 4 is 35.0 Å². The van der Waals surface area contributed by atoms with Gasteiger partial charge in [0.15, 0.2) is 11.5 Å². The molecule has 2 aromatic heterocycles. The molecule has 4 rings (SSSR count). The number of carbonyl (C=O) groups excluding carboxylic acids is 2. The predicted octanol–water partition coefficient (Wildman–Crippen LogP) is 3.04. The number of aromatic nitrogens is 5. The highest BCUT2D eigenvalue weighted by molar-refractivity contribution is 7.09. The number of hydrogen-bond acceptors (Lipinski definition) is 8. The molecular formula is C24H22N6O3S. The van der Waals surface area contributed by atoms with Gasteiger partial charge in [0.25, 0.3) is 0 Å². The second-order valence-corrected chi connectivity index (χ2v) is 8.27. The molecule has 10 heteroatoms. The SMILES string of the molecule is Cc1nnnn1/C(=C\c1ccccc1)C(=O)OCc1csc(CC(=O)NCc2ccccc2)n1. The minimum atomic E-state index is -0.589. The molecule has 2 aromatic carbocycles. The zero-order chi connectivity index (χ0) is 23.8. The van der Waals surface area contributed by atoms with Crippen LogP contribution < -0.4 is 5.32 Å². The van der Waals surface area contributed by atoms with Gasteiger partial charge in [-0.3, -0.25) is 4.79 Å². The van der Waals surface area contributed by atoms with Gasteiger partial charge in [-0.15, -0.1) is 16.4 Å². The Balaban J connectivity index is 1.36. The Morgan fingerprint density at radius 3 is 2.53 bits per heavy atom. The maximum Gasteiger partial charge on any atom is 0.357 e. The van der Waals surface area contributed by atoms with Gasteiger partial charge in [0.1, 0.15) is 11.6 Å². The number of carbonyl (C=O) groups is 2. The van der Waals surface area contributed by atoms with Crippen molar-refractivity contribution in [1.29, 1.82) is 0 Å². The minimum Gasteiger partial charge on any atom is -0.454 e. The standard InChI is InChI=1S/C24H22N6O3S/c1-17-27-28-29-30(17)21(12-18-8-4-2-5-9-18)24(32)33-15-20-16-34-23(26-20)13-22(31)25-14-19-10-6-3-7-11-19/h2-12,16H,13-15H2,1H3,(H,25,31)/b21-12-. The largest absolute Gasteiger partial charge is 0.454 e. The van der Waals surface area contributed by atoms with Crippen LogP contribution in [-0.4, -0.2) is 37.1 Å². The molecule has 0 saturated heterocycles. The fourth-order valence-electron chi connectivity index (χ4n) is 3.07. The fraction of sp³-hybridized carbons (Fsp3) is 0.167. The quantitative estimate of drug-likeness (QED) is 0.293. The average molecular weight is 475 g/mol. The Hall–Kier alpha value is -4.18. The van der Waals surface area contributed by atoms with Crippen LogP contribution in [0.2, 0.25) is 0 Å². The summed E-state index contributed by atoms with van der Waals surface area (Å²) in [6, 6.07) is 19.0. The summed E-state index contributed by atoms with van der Waals surface area (Å²) < 4.78 is 6.82. The summed E-state index contributed by atoms with van der Waals surface area (Å²) in [5.41, 5.74) is 2.59. The van der Waals surface area contributed by atoms with Crippen LogP contribution in [0.4, 0.5) is 0 Å². The van der Waals surface area contributed by atoms with E-state index in [1.54, 1.807) is 18.4 Å². The first-order valence-corrected chi connectivity index (χ1v) is 11.4. The fourth-order valence-corrected chi connectivity index (χ4v) is 3.85. The van der Waals surface area contributed by atoms with Gasteiger partial charge < -0.3 is 10.1 Å². The highest BCUT2D eigenvalue weighted by Crippen LogP contribution is 2.16. The van der Waals surface area contributed by atoms with Crippen LogP contribution in [0.3, 0.4) is 0 Å². The van der Waals surface area contributed by atoms with E-state index in [1.165, 1.54) is 16.0 Å². The molecule has 0 spiro atoms. The van der Waals surface area contributed by atoms with Gasteiger partial charge in [-0.25, -0.2) is 9.78 Å². The Bertz CT molecular complexity index is 1280. The summed E-state index contributed by atoms with van der Waals surface area (Å²) in [4.78, 5) is 29.5. The summed E-state index contributed by atoms with van der Waals surface area (Å²) in [5, 5.41) is 16.7. The Labute approximate surface area is 200 Å². The van der Waals surface area contributed by atoms with Crippen molar-refractivity contribution in [3.05, 3.63) is 93.7 Å². The predicted molar refractivity (Wildman–Crippen MR) is 127 cm³/mol. The molecule has 1 N–H and O–H groups in total. The van der Waals surface area contributed by atoms with E-state index in [9.17, 15) is 9.59 Å². The van der Waals surface area contributed by atoms with Crippen LogP contribution >= 0.6 is 11.3 Å². The van der Waals surface area contributed by atoms with E-state index in [2.05, 4.69) is 25.8 Å². The van der Waals surface area contributed by atoms with E-state index in [0.717, 1.165) is 11.1 Å². The number of rotatable bonds is 9. The van der Waals surface area contributed by atoms with Gasteiger partial charge in [-0.1, -0.05) is 60.7 Å². The Morgan fingerprint density at radius 1 is 1.09 bits per heavy atom. The number of amides is 1. The molecule has 0 aliphatic heterocycles. The number of esters is 1. The van der Waals surface area contributed by atoms with Crippen molar-refractivity contribution in [3.8, 4) is 0 Å². The first kappa shape index (κ1) is 23.0. The van der Waals surface area contributed by atoms with Gasteiger partial charge in [0, 0.05) is 11.9 Å². The van der Waals surface area contributed by atoms with Crippen molar-refractivity contribution in [1.82, 2.24) is 30.5 Å². The lowest BCUT2D eigenvalue weighted by Gasteiger charge is -2.08. The topological polar surface area (TPSA) is 112 Å².